The second-order valence-corrected chi connectivity index (χ2v) is 9.82. The van der Waals surface area contributed by atoms with E-state index in [4.69, 9.17) is 19.9 Å². The molecule has 6 heteroatoms. The number of nitrogens with zero attached hydrogens (tertiary/aromatic N) is 6. The molecule has 0 bridgehead atoms. The number of rotatable bonds is 10. The van der Waals surface area contributed by atoms with Gasteiger partial charge < -0.3 is 0 Å². The molecule has 0 N–H and O–H groups in total. The molecule has 0 aliphatic heterocycles. The van der Waals surface area contributed by atoms with Gasteiger partial charge in [0.05, 0.1) is 45.6 Å². The zero-order valence-corrected chi connectivity index (χ0v) is 23.2. The SMILES string of the molecule is C(=C\CCc1cccc(-c2cccc(-c3ccccn3)n2)n1)/CCc1cccc(-c2cccc(-c3ccccn3)n2)n1. The molecule has 0 unspecified atom stereocenters. The Morgan fingerprint density at radius 3 is 1.12 bits per heavy atom. The molecule has 6 rings (SSSR count). The van der Waals surface area contributed by atoms with Crippen LogP contribution in [0.3, 0.4) is 0 Å². The molecule has 0 fully saturated rings. The molecule has 6 aromatic heterocycles. The van der Waals surface area contributed by atoms with Crippen LogP contribution in [0, 0.1) is 0 Å². The zero-order chi connectivity index (χ0) is 28.4. The minimum absolute atomic E-state index is 0.845. The first-order valence-electron chi connectivity index (χ1n) is 14.2. The van der Waals surface area contributed by atoms with Crippen molar-refractivity contribution in [3.8, 4) is 45.6 Å². The predicted molar refractivity (Wildman–Crippen MR) is 167 cm³/mol. The summed E-state index contributed by atoms with van der Waals surface area (Å²) in [4.78, 5) is 28.2. The van der Waals surface area contributed by atoms with Crippen molar-refractivity contribution >= 4 is 0 Å². The van der Waals surface area contributed by atoms with Gasteiger partial charge in [-0.05, 0) is 98.5 Å². The Morgan fingerprint density at radius 2 is 0.714 bits per heavy atom. The van der Waals surface area contributed by atoms with Gasteiger partial charge in [-0.15, -0.1) is 0 Å². The van der Waals surface area contributed by atoms with E-state index in [1.54, 1.807) is 12.4 Å². The molecule has 0 saturated carbocycles. The van der Waals surface area contributed by atoms with Crippen molar-refractivity contribution in [3.63, 3.8) is 0 Å². The fourth-order valence-corrected chi connectivity index (χ4v) is 4.69. The molecular weight excluding hydrogens is 516 g/mol. The molecule has 0 radical (unpaired) electrons. The first kappa shape index (κ1) is 26.8. The van der Waals surface area contributed by atoms with Gasteiger partial charge >= 0.3 is 0 Å². The van der Waals surface area contributed by atoms with Crippen LogP contribution in [0.4, 0.5) is 0 Å². The molecule has 6 nitrogen and oxygen atoms in total. The average molecular weight is 547 g/mol. The molecule has 0 aliphatic carbocycles. The van der Waals surface area contributed by atoms with Crippen molar-refractivity contribution in [1.82, 2.24) is 29.9 Å². The van der Waals surface area contributed by atoms with E-state index < -0.39 is 0 Å². The number of pyridine rings is 6. The van der Waals surface area contributed by atoms with Crippen LogP contribution in [0.25, 0.3) is 45.6 Å². The van der Waals surface area contributed by atoms with Crippen LogP contribution in [0.5, 0.6) is 0 Å². The summed E-state index contributed by atoms with van der Waals surface area (Å²) in [5.74, 6) is 0. The molecule has 42 heavy (non-hydrogen) atoms. The van der Waals surface area contributed by atoms with Crippen LogP contribution in [0.1, 0.15) is 24.2 Å². The third-order valence-electron chi connectivity index (χ3n) is 6.79. The summed E-state index contributed by atoms with van der Waals surface area (Å²) in [5, 5.41) is 0. The second-order valence-electron chi connectivity index (χ2n) is 9.82. The molecular formula is C36H30N6. The number of allylic oxidation sites excluding steroid dienone is 2. The van der Waals surface area contributed by atoms with E-state index in [0.717, 1.165) is 82.6 Å². The minimum Gasteiger partial charge on any atom is -0.255 e. The monoisotopic (exact) mass is 546 g/mol. The summed E-state index contributed by atoms with van der Waals surface area (Å²) in [6.07, 6.45) is 11.6. The van der Waals surface area contributed by atoms with Crippen molar-refractivity contribution in [3.05, 3.63) is 145 Å². The lowest BCUT2D eigenvalue weighted by atomic mass is 10.1. The summed E-state index contributed by atoms with van der Waals surface area (Å²) >= 11 is 0. The van der Waals surface area contributed by atoms with E-state index in [0.29, 0.717) is 0 Å². The predicted octanol–water partition coefficient (Wildman–Crippen LogP) is 7.85. The third-order valence-corrected chi connectivity index (χ3v) is 6.79. The second kappa shape index (κ2) is 13.3. The lowest BCUT2D eigenvalue weighted by Gasteiger charge is -2.06. The highest BCUT2D eigenvalue weighted by atomic mass is 14.8. The van der Waals surface area contributed by atoms with Gasteiger partial charge in [-0.2, -0.15) is 0 Å². The zero-order valence-electron chi connectivity index (χ0n) is 23.2. The normalized spacial score (nSPS) is 11.1. The fraction of sp³-hybridized carbons (Fsp3) is 0.111. The van der Waals surface area contributed by atoms with Gasteiger partial charge in [-0.1, -0.05) is 48.6 Å². The number of aryl methyl sites for hydroxylation is 2. The van der Waals surface area contributed by atoms with Gasteiger partial charge in [0.25, 0.3) is 0 Å². The maximum absolute atomic E-state index is 4.87. The Morgan fingerprint density at radius 1 is 0.357 bits per heavy atom. The maximum Gasteiger partial charge on any atom is 0.0894 e. The van der Waals surface area contributed by atoms with Crippen LogP contribution in [-0.2, 0) is 12.8 Å². The summed E-state index contributed by atoms with van der Waals surface area (Å²) in [5.41, 5.74) is 8.96. The van der Waals surface area contributed by atoms with E-state index in [1.807, 2.05) is 84.9 Å². The minimum atomic E-state index is 0.845. The van der Waals surface area contributed by atoms with E-state index in [-0.39, 0.29) is 0 Å². The Balaban J connectivity index is 1.03. The van der Waals surface area contributed by atoms with Crippen LogP contribution in [0.15, 0.2) is 134 Å². The molecule has 204 valence electrons. The van der Waals surface area contributed by atoms with Crippen LogP contribution in [-0.4, -0.2) is 29.9 Å². The Kier molecular flexibility index (Phi) is 8.52. The van der Waals surface area contributed by atoms with E-state index in [2.05, 4.69) is 46.4 Å². The van der Waals surface area contributed by atoms with Gasteiger partial charge in [0.15, 0.2) is 0 Å². The van der Waals surface area contributed by atoms with Gasteiger partial charge in [0, 0.05) is 23.8 Å². The highest BCUT2D eigenvalue weighted by Gasteiger charge is 2.07. The fourth-order valence-electron chi connectivity index (χ4n) is 4.69. The Bertz CT molecular complexity index is 1650. The molecule has 0 saturated heterocycles. The van der Waals surface area contributed by atoms with Crippen molar-refractivity contribution in [2.45, 2.75) is 25.7 Å². The topological polar surface area (TPSA) is 77.3 Å². The largest absolute Gasteiger partial charge is 0.255 e. The smallest absolute Gasteiger partial charge is 0.0894 e. The van der Waals surface area contributed by atoms with E-state index in [1.165, 1.54) is 0 Å². The van der Waals surface area contributed by atoms with Crippen molar-refractivity contribution in [2.75, 3.05) is 0 Å². The maximum atomic E-state index is 4.87. The highest BCUT2D eigenvalue weighted by molar-refractivity contribution is 5.62. The van der Waals surface area contributed by atoms with Gasteiger partial charge in [-0.3, -0.25) is 19.9 Å². The first-order chi connectivity index (χ1) is 20.8. The Hall–Kier alpha value is -5.36. The molecule has 0 amide bonds. The van der Waals surface area contributed by atoms with Crippen LogP contribution in [0.2, 0.25) is 0 Å². The lowest BCUT2D eigenvalue weighted by Crippen LogP contribution is -1.95. The van der Waals surface area contributed by atoms with Crippen LogP contribution >= 0.6 is 0 Å². The first-order valence-corrected chi connectivity index (χ1v) is 14.2. The van der Waals surface area contributed by atoms with Crippen molar-refractivity contribution < 1.29 is 0 Å². The molecule has 0 spiro atoms. The number of hydrogen-bond acceptors (Lipinski definition) is 6. The van der Waals surface area contributed by atoms with E-state index in [9.17, 15) is 0 Å². The van der Waals surface area contributed by atoms with Crippen LogP contribution < -0.4 is 0 Å². The third kappa shape index (κ3) is 6.85. The molecule has 0 aromatic carbocycles. The number of aromatic nitrogens is 6. The molecule has 0 aliphatic rings. The van der Waals surface area contributed by atoms with Crippen molar-refractivity contribution in [1.29, 1.82) is 0 Å². The standard InChI is InChI=1S/C36H30N6/c1(3-13-27-15-9-19-33(39-27)35-23-11-21-31(41-35)29-17-5-7-25-37-29)2-4-14-28-16-10-20-34(40-28)36-24-12-22-32(42-36)30-18-6-8-26-38-30/h1-2,5-12,15-26H,3-4,13-14H2/b2-1+. The summed E-state index contributed by atoms with van der Waals surface area (Å²) in [7, 11) is 0. The Labute approximate surface area is 246 Å². The summed E-state index contributed by atoms with van der Waals surface area (Å²) < 4.78 is 0. The quantitative estimate of drug-likeness (QED) is 0.163. The average Bonchev–Trinajstić information content (AvgIpc) is 3.07. The number of hydrogen-bond donors (Lipinski definition) is 0. The van der Waals surface area contributed by atoms with E-state index >= 15 is 0 Å². The molecule has 6 heterocycles. The van der Waals surface area contributed by atoms with Crippen molar-refractivity contribution in [2.24, 2.45) is 0 Å². The summed E-state index contributed by atoms with van der Waals surface area (Å²) in [6.45, 7) is 0. The lowest BCUT2D eigenvalue weighted by molar-refractivity contribution is 0.914. The summed E-state index contributed by atoms with van der Waals surface area (Å²) in [6, 6.07) is 35.9. The van der Waals surface area contributed by atoms with Gasteiger partial charge in [0.2, 0.25) is 0 Å². The highest BCUT2D eigenvalue weighted by Crippen LogP contribution is 2.22. The molecule has 6 aromatic rings. The van der Waals surface area contributed by atoms with Gasteiger partial charge in [-0.25, -0.2) is 9.97 Å². The molecule has 0 atom stereocenters. The van der Waals surface area contributed by atoms with Gasteiger partial charge in [0.1, 0.15) is 0 Å².